The molecule has 0 radical (unpaired) electrons. The fourth-order valence-corrected chi connectivity index (χ4v) is 7.23. The van der Waals surface area contributed by atoms with Crippen molar-refractivity contribution in [1.29, 1.82) is 0 Å². The standard InChI is InChI=1S/C25H34F4N4O5S/c1-14(23(2,3)35)33-19-9-15(22(34)31-24(4)7-8-39(36,37)13-24)5-6-16(19)21(32-33)17-10-20(30-11-18(17)26)38-12-25(27,28)29/h10-11,14-15,35-37H,5-9,12-13H2,1-4H3,(H,31,34). The summed E-state index contributed by atoms with van der Waals surface area (Å²) in [5.74, 6) is -1.63. The molecule has 218 valence electrons. The number of carbonyl (C=O) groups is 1. The number of nitrogens with zero attached hydrogens (tertiary/aromatic N) is 3. The Morgan fingerprint density at radius 1 is 1.36 bits per heavy atom. The monoisotopic (exact) mass is 578 g/mol. The molecule has 4 rings (SSSR count). The van der Waals surface area contributed by atoms with Crippen LogP contribution in [0.4, 0.5) is 17.6 Å². The second-order valence-electron chi connectivity index (χ2n) is 11.3. The summed E-state index contributed by atoms with van der Waals surface area (Å²) >= 11 is 0. The number of aromatic nitrogens is 3. The molecule has 0 spiro atoms. The molecule has 4 N–H and O–H groups in total. The molecule has 1 saturated heterocycles. The summed E-state index contributed by atoms with van der Waals surface area (Å²) < 4.78 is 79.2. The maximum atomic E-state index is 14.9. The van der Waals surface area contributed by atoms with Crippen LogP contribution in [-0.4, -0.2) is 70.3 Å². The van der Waals surface area contributed by atoms with Crippen LogP contribution in [0, 0.1) is 11.7 Å². The summed E-state index contributed by atoms with van der Waals surface area (Å²) in [6.07, 6.45) is -2.43. The molecule has 9 nitrogen and oxygen atoms in total. The first-order valence-corrected chi connectivity index (χ1v) is 14.5. The van der Waals surface area contributed by atoms with Gasteiger partial charge in [0, 0.05) is 41.0 Å². The number of hydrogen-bond acceptors (Lipinski definition) is 7. The second-order valence-corrected chi connectivity index (χ2v) is 13.6. The van der Waals surface area contributed by atoms with Gasteiger partial charge >= 0.3 is 6.18 Å². The van der Waals surface area contributed by atoms with E-state index < -0.39 is 58.2 Å². The SMILES string of the molecule is CC(n1nc(-c2cc(OCC(F)(F)F)ncc2F)c2c1CC(C(=O)NC1(C)CCS(O)(O)C1)CC2)C(C)(C)O. The summed E-state index contributed by atoms with van der Waals surface area (Å²) in [7, 11) is -2.73. The lowest BCUT2D eigenvalue weighted by Crippen LogP contribution is -2.49. The predicted molar refractivity (Wildman–Crippen MR) is 137 cm³/mol. The van der Waals surface area contributed by atoms with Crippen molar-refractivity contribution in [3.05, 3.63) is 29.3 Å². The fraction of sp³-hybridized carbons (Fsp3) is 0.640. The van der Waals surface area contributed by atoms with Gasteiger partial charge in [0.2, 0.25) is 11.8 Å². The minimum absolute atomic E-state index is 0.0849. The van der Waals surface area contributed by atoms with Crippen molar-refractivity contribution in [2.45, 2.75) is 76.7 Å². The quantitative estimate of drug-likeness (QED) is 0.356. The highest BCUT2D eigenvalue weighted by molar-refractivity contribution is 8.24. The van der Waals surface area contributed by atoms with Crippen LogP contribution >= 0.6 is 10.6 Å². The van der Waals surface area contributed by atoms with Gasteiger partial charge in [-0.25, -0.2) is 9.37 Å². The van der Waals surface area contributed by atoms with Crippen molar-refractivity contribution in [2.75, 3.05) is 18.1 Å². The summed E-state index contributed by atoms with van der Waals surface area (Å²) in [4.78, 5) is 16.9. The van der Waals surface area contributed by atoms with Gasteiger partial charge in [0.1, 0.15) is 0 Å². The molecule has 39 heavy (non-hydrogen) atoms. The van der Waals surface area contributed by atoms with Crippen molar-refractivity contribution >= 4 is 16.5 Å². The maximum Gasteiger partial charge on any atom is 0.422 e. The zero-order valence-corrected chi connectivity index (χ0v) is 23.0. The third kappa shape index (κ3) is 6.67. The van der Waals surface area contributed by atoms with Crippen LogP contribution in [-0.2, 0) is 17.6 Å². The number of fused-ring (bicyclic) bond motifs is 1. The summed E-state index contributed by atoms with van der Waals surface area (Å²) in [6, 6.07) is 0.481. The van der Waals surface area contributed by atoms with E-state index in [4.69, 9.17) is 4.74 Å². The summed E-state index contributed by atoms with van der Waals surface area (Å²) in [6.45, 7) is 5.11. The lowest BCUT2D eigenvalue weighted by Gasteiger charge is -2.33. The average molecular weight is 579 g/mol. The number of ether oxygens (including phenoxy) is 1. The van der Waals surface area contributed by atoms with Gasteiger partial charge in [-0.2, -0.15) is 28.9 Å². The fourth-order valence-electron chi connectivity index (χ4n) is 5.07. The molecular formula is C25H34F4N4O5S. The van der Waals surface area contributed by atoms with Gasteiger partial charge in [-0.3, -0.25) is 18.6 Å². The molecule has 1 aliphatic heterocycles. The highest BCUT2D eigenvalue weighted by atomic mass is 32.3. The van der Waals surface area contributed by atoms with Gasteiger partial charge in [-0.05, 0) is 47.0 Å². The molecule has 0 aromatic carbocycles. The molecule has 3 unspecified atom stereocenters. The first-order chi connectivity index (χ1) is 17.9. The topological polar surface area (TPSA) is 130 Å². The number of nitrogens with one attached hydrogen (secondary N) is 1. The van der Waals surface area contributed by atoms with E-state index in [0.29, 0.717) is 30.5 Å². The Hall–Kier alpha value is -2.42. The minimum atomic E-state index is -4.60. The highest BCUT2D eigenvalue weighted by Crippen LogP contribution is 2.50. The molecule has 14 heteroatoms. The van der Waals surface area contributed by atoms with Gasteiger partial charge in [-0.1, -0.05) is 0 Å². The summed E-state index contributed by atoms with van der Waals surface area (Å²) in [5, 5.41) is 18.3. The molecule has 1 amide bonds. The van der Waals surface area contributed by atoms with Crippen LogP contribution in [0.1, 0.15) is 57.8 Å². The van der Waals surface area contributed by atoms with E-state index in [1.54, 1.807) is 32.4 Å². The van der Waals surface area contributed by atoms with Crippen molar-refractivity contribution in [2.24, 2.45) is 5.92 Å². The first-order valence-electron chi connectivity index (χ1n) is 12.6. The number of hydrogen-bond donors (Lipinski definition) is 4. The van der Waals surface area contributed by atoms with Crippen LogP contribution in [0.5, 0.6) is 5.88 Å². The number of alkyl halides is 3. The molecule has 2 aromatic heterocycles. The molecule has 3 heterocycles. The normalized spacial score (nSPS) is 24.6. The minimum Gasteiger partial charge on any atom is -0.468 e. The van der Waals surface area contributed by atoms with E-state index in [9.17, 15) is 36.6 Å². The van der Waals surface area contributed by atoms with E-state index in [-0.39, 0.29) is 35.1 Å². The van der Waals surface area contributed by atoms with E-state index in [0.717, 1.165) is 12.3 Å². The largest absolute Gasteiger partial charge is 0.468 e. The lowest BCUT2D eigenvalue weighted by atomic mass is 9.84. The molecular weight excluding hydrogens is 544 g/mol. The lowest BCUT2D eigenvalue weighted by molar-refractivity contribution is -0.154. The first kappa shape index (κ1) is 29.6. The van der Waals surface area contributed by atoms with Crippen molar-refractivity contribution < 1.29 is 41.3 Å². The number of pyridine rings is 1. The summed E-state index contributed by atoms with van der Waals surface area (Å²) in [5.41, 5.74) is -0.644. The van der Waals surface area contributed by atoms with Gasteiger partial charge in [-0.15, -0.1) is 0 Å². The third-order valence-corrected chi connectivity index (χ3v) is 9.44. The number of rotatable bonds is 7. The molecule has 0 saturated carbocycles. The van der Waals surface area contributed by atoms with Crippen molar-refractivity contribution in [3.8, 4) is 17.1 Å². The van der Waals surface area contributed by atoms with E-state index in [2.05, 4.69) is 15.4 Å². The van der Waals surface area contributed by atoms with E-state index >= 15 is 0 Å². The Balaban J connectivity index is 1.67. The van der Waals surface area contributed by atoms with E-state index in [1.807, 2.05) is 0 Å². The Bertz CT molecular complexity index is 1250. The smallest absolute Gasteiger partial charge is 0.422 e. The molecule has 2 aliphatic rings. The predicted octanol–water partition coefficient (Wildman–Crippen LogP) is 4.49. The number of carbonyl (C=O) groups excluding carboxylic acids is 1. The Labute approximate surface area is 225 Å². The molecule has 2 aromatic rings. The van der Waals surface area contributed by atoms with Gasteiger partial charge in [0.15, 0.2) is 12.4 Å². The second kappa shape index (κ2) is 10.2. The average Bonchev–Trinajstić information content (AvgIpc) is 3.32. The molecule has 0 bridgehead atoms. The van der Waals surface area contributed by atoms with Crippen molar-refractivity contribution in [1.82, 2.24) is 20.1 Å². The van der Waals surface area contributed by atoms with Crippen LogP contribution in [0.25, 0.3) is 11.3 Å². The molecule has 3 atom stereocenters. The van der Waals surface area contributed by atoms with Crippen molar-refractivity contribution in [3.63, 3.8) is 0 Å². The Kier molecular flexibility index (Phi) is 7.73. The van der Waals surface area contributed by atoms with Crippen LogP contribution in [0.15, 0.2) is 12.3 Å². The molecule has 1 aliphatic carbocycles. The zero-order chi connectivity index (χ0) is 29.0. The number of amides is 1. The Morgan fingerprint density at radius 2 is 2.05 bits per heavy atom. The number of aliphatic hydroxyl groups is 1. The Morgan fingerprint density at radius 3 is 2.64 bits per heavy atom. The van der Waals surface area contributed by atoms with Gasteiger partial charge < -0.3 is 15.2 Å². The van der Waals surface area contributed by atoms with E-state index in [1.165, 1.54) is 0 Å². The van der Waals surface area contributed by atoms with Gasteiger partial charge in [0.05, 0.1) is 34.8 Å². The molecule has 1 fully saturated rings. The third-order valence-electron chi connectivity index (χ3n) is 7.49. The number of halogens is 4. The maximum absolute atomic E-state index is 14.9. The van der Waals surface area contributed by atoms with Crippen LogP contribution in [0.2, 0.25) is 0 Å². The van der Waals surface area contributed by atoms with Crippen LogP contribution < -0.4 is 10.1 Å². The zero-order valence-electron chi connectivity index (χ0n) is 22.2. The highest BCUT2D eigenvalue weighted by Gasteiger charge is 2.42. The van der Waals surface area contributed by atoms with Gasteiger partial charge in [0.25, 0.3) is 0 Å². The van der Waals surface area contributed by atoms with Crippen LogP contribution in [0.3, 0.4) is 0 Å².